The molecule has 0 aliphatic carbocycles. The summed E-state index contributed by atoms with van der Waals surface area (Å²) < 4.78 is 5.29. The predicted octanol–water partition coefficient (Wildman–Crippen LogP) is 2.06. The molecule has 0 aliphatic rings. The highest BCUT2D eigenvalue weighted by atomic mass is 32.2. The molecule has 2 N–H and O–H groups in total. The van der Waals surface area contributed by atoms with Gasteiger partial charge in [-0.25, -0.2) is 4.79 Å². The third-order valence-corrected chi connectivity index (χ3v) is 4.02. The summed E-state index contributed by atoms with van der Waals surface area (Å²) in [6.45, 7) is 4.11. The number of carbonyl (C=O) groups is 1. The number of hydrogen-bond acceptors (Lipinski definition) is 6. The maximum Gasteiger partial charge on any atom is 0.329 e. The molecule has 0 saturated heterocycles. The lowest BCUT2D eigenvalue weighted by atomic mass is 9.92. The Morgan fingerprint density at radius 3 is 2.62 bits per heavy atom. The van der Waals surface area contributed by atoms with Crippen molar-refractivity contribution in [2.24, 2.45) is 0 Å². The van der Waals surface area contributed by atoms with Gasteiger partial charge in [0.2, 0.25) is 5.89 Å². The van der Waals surface area contributed by atoms with Gasteiger partial charge >= 0.3 is 5.97 Å². The predicted molar refractivity (Wildman–Crippen MR) is 79.2 cm³/mol. The highest BCUT2D eigenvalue weighted by Crippen LogP contribution is 2.29. The number of benzene rings is 1. The first kappa shape index (κ1) is 15.5. The topological polar surface area (TPSA) is 88.3 Å². The second-order valence-electron chi connectivity index (χ2n) is 4.48. The Morgan fingerprint density at radius 1 is 1.38 bits per heavy atom. The van der Waals surface area contributed by atoms with Gasteiger partial charge < -0.3 is 9.52 Å². The maximum atomic E-state index is 11.9. The van der Waals surface area contributed by atoms with Crippen LogP contribution < -0.4 is 5.32 Å². The minimum atomic E-state index is -1.19. The first-order chi connectivity index (χ1) is 10.1. The summed E-state index contributed by atoms with van der Waals surface area (Å²) in [7, 11) is 0. The van der Waals surface area contributed by atoms with Crippen LogP contribution in [0.1, 0.15) is 18.4 Å². The number of nitrogens with zero attached hydrogens (tertiary/aromatic N) is 2. The Hall–Kier alpha value is -1.86. The van der Waals surface area contributed by atoms with Crippen LogP contribution in [0.3, 0.4) is 0 Å². The fraction of sp³-hybridized carbons (Fsp3) is 0.357. The molecular weight excluding hydrogens is 290 g/mol. The Bertz CT molecular complexity index is 603. The molecule has 1 heterocycles. The van der Waals surface area contributed by atoms with Gasteiger partial charge in [-0.2, -0.15) is 0 Å². The van der Waals surface area contributed by atoms with E-state index >= 15 is 0 Å². The molecule has 0 fully saturated rings. The lowest BCUT2D eigenvalue weighted by Crippen LogP contribution is -2.51. The van der Waals surface area contributed by atoms with Crippen LogP contribution in [0.2, 0.25) is 0 Å². The van der Waals surface area contributed by atoms with E-state index in [9.17, 15) is 9.90 Å². The van der Waals surface area contributed by atoms with Crippen molar-refractivity contribution in [1.29, 1.82) is 0 Å². The van der Waals surface area contributed by atoms with Crippen molar-refractivity contribution in [3.8, 4) is 0 Å². The van der Waals surface area contributed by atoms with Crippen LogP contribution >= 0.6 is 11.8 Å². The van der Waals surface area contributed by atoms with E-state index in [4.69, 9.17) is 4.42 Å². The van der Waals surface area contributed by atoms with Crippen LogP contribution in [0.15, 0.2) is 40.0 Å². The largest absolute Gasteiger partial charge is 0.480 e. The number of carboxylic acids is 1. The van der Waals surface area contributed by atoms with Crippen LogP contribution in [-0.2, 0) is 10.3 Å². The van der Waals surface area contributed by atoms with Crippen LogP contribution in [0.4, 0.5) is 0 Å². The Balaban J connectivity index is 2.28. The lowest BCUT2D eigenvalue weighted by molar-refractivity contribution is -0.144. The molecule has 0 radical (unpaired) electrons. The van der Waals surface area contributed by atoms with Crippen LogP contribution in [0.25, 0.3) is 0 Å². The zero-order valence-corrected chi connectivity index (χ0v) is 12.7. The molecule has 21 heavy (non-hydrogen) atoms. The van der Waals surface area contributed by atoms with Crippen LogP contribution in [0.5, 0.6) is 0 Å². The summed E-state index contributed by atoms with van der Waals surface area (Å²) in [6, 6.07) is 9.11. The fourth-order valence-corrected chi connectivity index (χ4v) is 3.04. The van der Waals surface area contributed by atoms with E-state index in [0.717, 1.165) is 0 Å². The number of nitrogens with one attached hydrogen (secondary N) is 1. The van der Waals surface area contributed by atoms with E-state index in [1.165, 1.54) is 11.8 Å². The van der Waals surface area contributed by atoms with Crippen molar-refractivity contribution in [3.63, 3.8) is 0 Å². The van der Waals surface area contributed by atoms with Gasteiger partial charge in [0.1, 0.15) is 0 Å². The Morgan fingerprint density at radius 2 is 2.10 bits per heavy atom. The van der Waals surface area contributed by atoms with Crippen molar-refractivity contribution in [1.82, 2.24) is 15.5 Å². The lowest BCUT2D eigenvalue weighted by Gasteiger charge is -2.30. The number of aryl methyl sites for hydroxylation is 1. The molecule has 0 amide bonds. The van der Waals surface area contributed by atoms with E-state index in [1.54, 1.807) is 19.1 Å². The average Bonchev–Trinajstić information content (AvgIpc) is 2.90. The molecular formula is C14H17N3O3S. The molecule has 6 nitrogen and oxygen atoms in total. The molecule has 0 aliphatic heterocycles. The first-order valence-electron chi connectivity index (χ1n) is 6.55. The first-order valence-corrected chi connectivity index (χ1v) is 7.54. The molecule has 0 saturated carbocycles. The molecule has 2 rings (SSSR count). The maximum absolute atomic E-state index is 11.9. The molecule has 112 valence electrons. The van der Waals surface area contributed by atoms with Gasteiger partial charge in [-0.05, 0) is 12.1 Å². The third kappa shape index (κ3) is 3.43. The highest BCUT2D eigenvalue weighted by Gasteiger charge is 2.40. The quantitative estimate of drug-likeness (QED) is 0.757. The molecule has 1 unspecified atom stereocenters. The summed E-state index contributed by atoms with van der Waals surface area (Å²) in [6.07, 6.45) is 0. The Kier molecular flexibility index (Phi) is 4.98. The molecule has 7 heteroatoms. The molecule has 1 atom stereocenters. The smallest absolute Gasteiger partial charge is 0.329 e. The molecule has 1 aromatic carbocycles. The van der Waals surface area contributed by atoms with Gasteiger partial charge in [-0.1, -0.05) is 49.0 Å². The van der Waals surface area contributed by atoms with Crippen molar-refractivity contribution < 1.29 is 14.3 Å². The van der Waals surface area contributed by atoms with Gasteiger partial charge in [0, 0.05) is 12.7 Å². The average molecular weight is 307 g/mol. The second-order valence-corrected chi connectivity index (χ2v) is 5.41. The number of hydrogen-bond donors (Lipinski definition) is 2. The number of rotatable bonds is 7. The number of carboxylic acid groups (broad SMARTS) is 1. The number of likely N-dealkylation sites (N-methyl/N-ethyl adjacent to an activating group) is 1. The van der Waals surface area contributed by atoms with Crippen LogP contribution in [0, 0.1) is 6.92 Å². The zero-order valence-electron chi connectivity index (χ0n) is 11.9. The number of thioether (sulfide) groups is 1. The summed E-state index contributed by atoms with van der Waals surface area (Å²) in [4.78, 5) is 11.9. The third-order valence-electron chi connectivity index (χ3n) is 3.03. The summed E-state index contributed by atoms with van der Waals surface area (Å²) in [5.74, 6) is -0.220. The highest BCUT2D eigenvalue weighted by molar-refractivity contribution is 7.99. The monoisotopic (exact) mass is 307 g/mol. The fourth-order valence-electron chi connectivity index (χ4n) is 2.03. The van der Waals surface area contributed by atoms with Crippen LogP contribution in [-0.4, -0.2) is 33.6 Å². The van der Waals surface area contributed by atoms with E-state index in [2.05, 4.69) is 15.5 Å². The summed E-state index contributed by atoms with van der Waals surface area (Å²) >= 11 is 1.23. The van der Waals surface area contributed by atoms with E-state index in [-0.39, 0.29) is 5.75 Å². The van der Waals surface area contributed by atoms with Crippen molar-refractivity contribution in [2.45, 2.75) is 24.6 Å². The van der Waals surface area contributed by atoms with Gasteiger partial charge in [0.25, 0.3) is 5.22 Å². The van der Waals surface area contributed by atoms with Gasteiger partial charge in [0.15, 0.2) is 5.54 Å². The van der Waals surface area contributed by atoms with Gasteiger partial charge in [-0.15, -0.1) is 10.2 Å². The molecule has 2 aromatic rings. The molecule has 1 aromatic heterocycles. The standard InChI is InChI=1S/C14H17N3O3S/c1-3-15-14(12(18)19,11-7-5-4-6-8-11)9-21-13-17-16-10(2)20-13/h4-8,15H,3,9H2,1-2H3,(H,18,19). The van der Waals surface area contributed by atoms with Crippen molar-refractivity contribution >= 4 is 17.7 Å². The van der Waals surface area contributed by atoms with Gasteiger partial charge in [-0.3, -0.25) is 5.32 Å². The summed E-state index contributed by atoms with van der Waals surface area (Å²) in [5.41, 5.74) is -0.494. The van der Waals surface area contributed by atoms with Gasteiger partial charge in [0.05, 0.1) is 0 Å². The summed E-state index contributed by atoms with van der Waals surface area (Å²) in [5, 5.41) is 20.8. The number of aromatic nitrogens is 2. The van der Waals surface area contributed by atoms with E-state index in [1.807, 2.05) is 25.1 Å². The second kappa shape index (κ2) is 6.73. The van der Waals surface area contributed by atoms with E-state index < -0.39 is 11.5 Å². The minimum absolute atomic E-state index is 0.252. The molecule has 0 spiro atoms. The van der Waals surface area contributed by atoms with E-state index in [0.29, 0.717) is 23.2 Å². The minimum Gasteiger partial charge on any atom is -0.480 e. The number of aliphatic carboxylic acids is 1. The van der Waals surface area contributed by atoms with Crippen molar-refractivity contribution in [2.75, 3.05) is 12.3 Å². The normalized spacial score (nSPS) is 13.8. The van der Waals surface area contributed by atoms with Crippen molar-refractivity contribution in [3.05, 3.63) is 41.8 Å². The SMILES string of the molecule is CCNC(CSc1nnc(C)o1)(C(=O)O)c1ccccc1. The molecule has 0 bridgehead atoms. The Labute approximate surface area is 127 Å². The zero-order chi connectivity index (χ0) is 15.3.